The third-order valence-electron chi connectivity index (χ3n) is 2.53. The van der Waals surface area contributed by atoms with Crippen LogP contribution in [0.1, 0.15) is 53.4 Å². The van der Waals surface area contributed by atoms with Gasteiger partial charge in [0.2, 0.25) is 0 Å². The first kappa shape index (κ1) is 12.0. The number of hydrogen-bond acceptors (Lipinski definition) is 1. The van der Waals surface area contributed by atoms with Gasteiger partial charge in [0.25, 0.3) is 0 Å². The third kappa shape index (κ3) is 6.66. The maximum Gasteiger partial charge on any atom is 0.00388 e. The standard InChI is InChI=1S/C11H25N/c1-5-9-12-11(4)8-7-10(3)6-2/h10-12H,5-9H2,1-4H3. The van der Waals surface area contributed by atoms with Crippen LogP contribution >= 0.6 is 0 Å². The van der Waals surface area contributed by atoms with Crippen LogP contribution in [-0.2, 0) is 0 Å². The Hall–Kier alpha value is -0.0400. The van der Waals surface area contributed by atoms with Crippen LogP contribution < -0.4 is 5.32 Å². The van der Waals surface area contributed by atoms with Crippen molar-refractivity contribution in [2.75, 3.05) is 6.54 Å². The van der Waals surface area contributed by atoms with Crippen LogP contribution in [-0.4, -0.2) is 12.6 Å². The summed E-state index contributed by atoms with van der Waals surface area (Å²) in [5, 5.41) is 3.51. The molecule has 0 aromatic carbocycles. The smallest absolute Gasteiger partial charge is 0.00388 e. The molecule has 0 aromatic rings. The Bertz CT molecular complexity index is 91.0. The molecule has 0 heterocycles. The summed E-state index contributed by atoms with van der Waals surface area (Å²) >= 11 is 0. The molecule has 1 N–H and O–H groups in total. The Balaban J connectivity index is 3.24. The molecular weight excluding hydrogens is 146 g/mol. The van der Waals surface area contributed by atoms with Gasteiger partial charge in [0.15, 0.2) is 0 Å². The molecule has 1 nitrogen and oxygen atoms in total. The molecule has 2 atom stereocenters. The molecule has 2 unspecified atom stereocenters. The first-order chi connectivity index (χ1) is 5.70. The Labute approximate surface area is 77.9 Å². The monoisotopic (exact) mass is 171 g/mol. The first-order valence-electron chi connectivity index (χ1n) is 5.44. The maximum atomic E-state index is 3.51. The van der Waals surface area contributed by atoms with Crippen LogP contribution in [0.2, 0.25) is 0 Å². The van der Waals surface area contributed by atoms with Crippen molar-refractivity contribution < 1.29 is 0 Å². The minimum Gasteiger partial charge on any atom is -0.314 e. The van der Waals surface area contributed by atoms with Crippen molar-refractivity contribution in [1.82, 2.24) is 5.32 Å². The van der Waals surface area contributed by atoms with E-state index in [1.165, 1.54) is 32.2 Å². The van der Waals surface area contributed by atoms with Gasteiger partial charge in [-0.1, -0.05) is 27.2 Å². The van der Waals surface area contributed by atoms with E-state index in [0.29, 0.717) is 6.04 Å². The summed E-state index contributed by atoms with van der Waals surface area (Å²) in [4.78, 5) is 0. The van der Waals surface area contributed by atoms with E-state index in [1.807, 2.05) is 0 Å². The first-order valence-corrected chi connectivity index (χ1v) is 5.44. The molecule has 0 saturated heterocycles. The van der Waals surface area contributed by atoms with Gasteiger partial charge in [0.1, 0.15) is 0 Å². The van der Waals surface area contributed by atoms with E-state index in [9.17, 15) is 0 Å². The van der Waals surface area contributed by atoms with Crippen LogP contribution in [0.15, 0.2) is 0 Å². The Morgan fingerprint density at radius 1 is 1.08 bits per heavy atom. The molecule has 0 spiro atoms. The quantitative estimate of drug-likeness (QED) is 0.620. The molecular formula is C11H25N. The molecule has 1 heteroatoms. The Morgan fingerprint density at radius 2 is 1.75 bits per heavy atom. The molecule has 0 aliphatic heterocycles. The van der Waals surface area contributed by atoms with E-state index in [2.05, 4.69) is 33.0 Å². The molecule has 0 bridgehead atoms. The highest BCUT2D eigenvalue weighted by Crippen LogP contribution is 2.10. The Kier molecular flexibility index (Phi) is 7.58. The summed E-state index contributed by atoms with van der Waals surface area (Å²) < 4.78 is 0. The van der Waals surface area contributed by atoms with E-state index in [-0.39, 0.29) is 0 Å². The van der Waals surface area contributed by atoms with Gasteiger partial charge < -0.3 is 5.32 Å². The predicted molar refractivity (Wildman–Crippen MR) is 56.4 cm³/mol. The molecule has 0 aromatic heterocycles. The van der Waals surface area contributed by atoms with Crippen molar-refractivity contribution in [3.63, 3.8) is 0 Å². The van der Waals surface area contributed by atoms with E-state index >= 15 is 0 Å². The van der Waals surface area contributed by atoms with Crippen LogP contribution in [0.3, 0.4) is 0 Å². The van der Waals surface area contributed by atoms with E-state index in [0.717, 1.165) is 5.92 Å². The molecule has 74 valence electrons. The fourth-order valence-electron chi connectivity index (χ4n) is 1.23. The van der Waals surface area contributed by atoms with Crippen molar-refractivity contribution in [2.45, 2.75) is 59.4 Å². The number of hydrogen-bond donors (Lipinski definition) is 1. The lowest BCUT2D eigenvalue weighted by atomic mass is 10.00. The van der Waals surface area contributed by atoms with Crippen molar-refractivity contribution in [3.05, 3.63) is 0 Å². The van der Waals surface area contributed by atoms with Gasteiger partial charge in [-0.3, -0.25) is 0 Å². The summed E-state index contributed by atoms with van der Waals surface area (Å²) in [7, 11) is 0. The maximum absolute atomic E-state index is 3.51. The lowest BCUT2D eigenvalue weighted by Gasteiger charge is -2.15. The average Bonchev–Trinajstić information content (AvgIpc) is 2.10. The van der Waals surface area contributed by atoms with Gasteiger partial charge >= 0.3 is 0 Å². The summed E-state index contributed by atoms with van der Waals surface area (Å²) in [6.07, 6.45) is 5.26. The average molecular weight is 171 g/mol. The summed E-state index contributed by atoms with van der Waals surface area (Å²) in [6, 6.07) is 0.707. The zero-order valence-corrected chi connectivity index (χ0v) is 9.19. The third-order valence-corrected chi connectivity index (χ3v) is 2.53. The molecule has 0 radical (unpaired) electrons. The molecule has 0 rings (SSSR count). The van der Waals surface area contributed by atoms with Gasteiger partial charge in [-0.25, -0.2) is 0 Å². The summed E-state index contributed by atoms with van der Waals surface area (Å²) in [5.41, 5.74) is 0. The van der Waals surface area contributed by atoms with Gasteiger partial charge in [-0.05, 0) is 38.6 Å². The lowest BCUT2D eigenvalue weighted by molar-refractivity contribution is 0.427. The molecule has 0 aliphatic carbocycles. The van der Waals surface area contributed by atoms with Gasteiger partial charge in [0.05, 0.1) is 0 Å². The molecule has 0 amide bonds. The van der Waals surface area contributed by atoms with Crippen molar-refractivity contribution in [3.8, 4) is 0 Å². The Morgan fingerprint density at radius 3 is 2.25 bits per heavy atom. The van der Waals surface area contributed by atoms with E-state index in [4.69, 9.17) is 0 Å². The highest BCUT2D eigenvalue weighted by molar-refractivity contribution is 4.62. The second-order valence-electron chi connectivity index (χ2n) is 3.95. The molecule has 0 aliphatic rings. The highest BCUT2D eigenvalue weighted by atomic mass is 14.9. The topological polar surface area (TPSA) is 12.0 Å². The van der Waals surface area contributed by atoms with Gasteiger partial charge in [0, 0.05) is 6.04 Å². The van der Waals surface area contributed by atoms with E-state index < -0.39 is 0 Å². The van der Waals surface area contributed by atoms with E-state index in [1.54, 1.807) is 0 Å². The second kappa shape index (κ2) is 7.60. The lowest BCUT2D eigenvalue weighted by Crippen LogP contribution is -2.26. The van der Waals surface area contributed by atoms with Crippen molar-refractivity contribution in [2.24, 2.45) is 5.92 Å². The normalized spacial score (nSPS) is 16.0. The van der Waals surface area contributed by atoms with Gasteiger partial charge in [-0.15, -0.1) is 0 Å². The zero-order chi connectivity index (χ0) is 9.40. The minimum atomic E-state index is 0.707. The summed E-state index contributed by atoms with van der Waals surface area (Å²) in [6.45, 7) is 10.3. The number of nitrogens with one attached hydrogen (secondary N) is 1. The predicted octanol–water partition coefficient (Wildman–Crippen LogP) is 3.20. The minimum absolute atomic E-state index is 0.707. The summed E-state index contributed by atoms with van der Waals surface area (Å²) in [5.74, 6) is 0.899. The molecule has 0 fully saturated rings. The fourth-order valence-corrected chi connectivity index (χ4v) is 1.23. The highest BCUT2D eigenvalue weighted by Gasteiger charge is 2.03. The van der Waals surface area contributed by atoms with Crippen LogP contribution in [0.5, 0.6) is 0 Å². The van der Waals surface area contributed by atoms with Gasteiger partial charge in [-0.2, -0.15) is 0 Å². The van der Waals surface area contributed by atoms with Crippen molar-refractivity contribution in [1.29, 1.82) is 0 Å². The van der Waals surface area contributed by atoms with Crippen molar-refractivity contribution >= 4 is 0 Å². The molecule has 12 heavy (non-hydrogen) atoms. The zero-order valence-electron chi connectivity index (χ0n) is 9.19. The SMILES string of the molecule is CCCNC(C)CCC(C)CC. The second-order valence-corrected chi connectivity index (χ2v) is 3.95. The van der Waals surface area contributed by atoms with Crippen LogP contribution in [0.4, 0.5) is 0 Å². The van der Waals surface area contributed by atoms with Crippen LogP contribution in [0, 0.1) is 5.92 Å². The fraction of sp³-hybridized carbons (Fsp3) is 1.00. The molecule has 0 saturated carbocycles. The number of rotatable bonds is 7. The van der Waals surface area contributed by atoms with Crippen LogP contribution in [0.25, 0.3) is 0 Å². The largest absolute Gasteiger partial charge is 0.314 e.